The third-order valence-corrected chi connectivity index (χ3v) is 3.05. The number of ether oxygens (including phenoxy) is 1. The van der Waals surface area contributed by atoms with Crippen molar-refractivity contribution in [2.24, 2.45) is 5.73 Å². The van der Waals surface area contributed by atoms with Gasteiger partial charge in [-0.25, -0.2) is 9.18 Å². The molecule has 100 valence electrons. The zero-order valence-electron chi connectivity index (χ0n) is 10.9. The van der Waals surface area contributed by atoms with Gasteiger partial charge < -0.3 is 15.8 Å². The fraction of sp³-hybridized carbons (Fsp3) is 0.917. The van der Waals surface area contributed by atoms with Crippen LogP contribution in [0.5, 0.6) is 0 Å². The van der Waals surface area contributed by atoms with Crippen molar-refractivity contribution in [3.63, 3.8) is 0 Å². The second kappa shape index (κ2) is 5.21. The number of nitrogens with two attached hydrogens (primary N) is 1. The topological polar surface area (TPSA) is 64.3 Å². The number of nitrogens with one attached hydrogen (secondary N) is 1. The predicted molar refractivity (Wildman–Crippen MR) is 64.5 cm³/mol. The maximum atomic E-state index is 13.9. The Balaban J connectivity index is 2.65. The molecule has 0 heterocycles. The van der Waals surface area contributed by atoms with E-state index in [2.05, 4.69) is 5.32 Å². The lowest BCUT2D eigenvalue weighted by Gasteiger charge is -2.34. The molecule has 4 nitrogen and oxygen atoms in total. The summed E-state index contributed by atoms with van der Waals surface area (Å²) in [6.07, 6.45) is 1.31. The minimum Gasteiger partial charge on any atom is -0.444 e. The first-order chi connectivity index (χ1) is 7.79. The van der Waals surface area contributed by atoms with Gasteiger partial charge in [-0.05, 0) is 33.6 Å². The van der Waals surface area contributed by atoms with Crippen LogP contribution in [0.15, 0.2) is 0 Å². The number of hydrogen-bond donors (Lipinski definition) is 2. The molecule has 0 aliphatic heterocycles. The van der Waals surface area contributed by atoms with Crippen molar-refractivity contribution in [1.82, 2.24) is 5.32 Å². The van der Waals surface area contributed by atoms with E-state index in [1.54, 1.807) is 20.8 Å². The highest BCUT2D eigenvalue weighted by Gasteiger charge is 2.43. The van der Waals surface area contributed by atoms with Crippen LogP contribution in [-0.4, -0.2) is 29.9 Å². The summed E-state index contributed by atoms with van der Waals surface area (Å²) in [4.78, 5) is 11.7. The van der Waals surface area contributed by atoms with Crippen molar-refractivity contribution in [1.29, 1.82) is 0 Å². The number of carbonyl (C=O) groups excluding carboxylic acids is 1. The Kier molecular flexibility index (Phi) is 4.36. The highest BCUT2D eigenvalue weighted by Crippen LogP contribution is 2.34. The Morgan fingerprint density at radius 2 is 2.00 bits per heavy atom. The van der Waals surface area contributed by atoms with Gasteiger partial charge in [-0.15, -0.1) is 0 Å². The molecular weight excluding hydrogens is 223 g/mol. The third-order valence-electron chi connectivity index (χ3n) is 3.05. The summed E-state index contributed by atoms with van der Waals surface area (Å²) in [5.41, 5.74) is 3.98. The number of carbonyl (C=O) groups is 1. The number of rotatable bonds is 3. The van der Waals surface area contributed by atoms with Crippen LogP contribution in [0, 0.1) is 0 Å². The zero-order chi connectivity index (χ0) is 13.1. The van der Waals surface area contributed by atoms with Crippen LogP contribution < -0.4 is 11.1 Å². The molecule has 0 radical (unpaired) electrons. The number of alkyl carbamates (subject to hydrolysis) is 1. The monoisotopic (exact) mass is 246 g/mol. The van der Waals surface area contributed by atoms with Gasteiger partial charge >= 0.3 is 6.09 Å². The van der Waals surface area contributed by atoms with Crippen LogP contribution in [0.3, 0.4) is 0 Å². The molecule has 1 saturated carbocycles. The Labute approximate surface area is 102 Å². The summed E-state index contributed by atoms with van der Waals surface area (Å²) in [5.74, 6) is 0. The van der Waals surface area contributed by atoms with E-state index < -0.39 is 23.4 Å². The standard InChI is InChI=1S/C12H23FN2O2/c1-11(2,3)17-10(16)15-12(9(13)8-14)6-4-5-7-12/h9H,4-8,14H2,1-3H3,(H,15,16). The van der Waals surface area contributed by atoms with Gasteiger partial charge in [-0.3, -0.25) is 0 Å². The molecular formula is C12H23FN2O2. The van der Waals surface area contributed by atoms with E-state index in [1.165, 1.54) is 0 Å². The molecule has 3 N–H and O–H groups in total. The smallest absolute Gasteiger partial charge is 0.408 e. The average Bonchev–Trinajstić information content (AvgIpc) is 2.63. The van der Waals surface area contributed by atoms with Crippen molar-refractivity contribution < 1.29 is 13.9 Å². The molecule has 1 aliphatic rings. The molecule has 0 bridgehead atoms. The fourth-order valence-corrected chi connectivity index (χ4v) is 2.25. The van der Waals surface area contributed by atoms with Crippen LogP contribution in [-0.2, 0) is 4.74 Å². The fourth-order valence-electron chi connectivity index (χ4n) is 2.25. The van der Waals surface area contributed by atoms with Gasteiger partial charge in [0, 0.05) is 6.54 Å². The number of amides is 1. The molecule has 17 heavy (non-hydrogen) atoms. The Hall–Kier alpha value is -0.840. The van der Waals surface area contributed by atoms with Crippen molar-refractivity contribution >= 4 is 6.09 Å². The maximum Gasteiger partial charge on any atom is 0.408 e. The van der Waals surface area contributed by atoms with Gasteiger partial charge in [-0.1, -0.05) is 12.8 Å². The lowest BCUT2D eigenvalue weighted by molar-refractivity contribution is 0.0382. The maximum absolute atomic E-state index is 13.9. The SMILES string of the molecule is CC(C)(C)OC(=O)NC1(C(F)CN)CCCC1. The molecule has 1 fully saturated rings. The molecule has 1 aliphatic carbocycles. The highest BCUT2D eigenvalue weighted by molar-refractivity contribution is 5.69. The van der Waals surface area contributed by atoms with Gasteiger partial charge in [-0.2, -0.15) is 0 Å². The molecule has 0 aromatic carbocycles. The summed E-state index contributed by atoms with van der Waals surface area (Å²) in [5, 5.41) is 2.68. The first kappa shape index (κ1) is 14.2. The summed E-state index contributed by atoms with van der Waals surface area (Å²) in [7, 11) is 0. The highest BCUT2D eigenvalue weighted by atomic mass is 19.1. The number of hydrogen-bond acceptors (Lipinski definition) is 3. The van der Waals surface area contributed by atoms with Gasteiger partial charge in [0.1, 0.15) is 11.8 Å². The van der Waals surface area contributed by atoms with E-state index in [0.717, 1.165) is 12.8 Å². The lowest BCUT2D eigenvalue weighted by atomic mass is 9.91. The van der Waals surface area contributed by atoms with Gasteiger partial charge in [0.05, 0.1) is 5.54 Å². The summed E-state index contributed by atoms with van der Waals surface area (Å²) >= 11 is 0. The minimum atomic E-state index is -1.21. The number of alkyl halides is 1. The van der Waals surface area contributed by atoms with E-state index in [-0.39, 0.29) is 6.54 Å². The first-order valence-corrected chi connectivity index (χ1v) is 6.14. The van der Waals surface area contributed by atoms with Gasteiger partial charge in [0.25, 0.3) is 0 Å². The van der Waals surface area contributed by atoms with E-state index in [4.69, 9.17) is 10.5 Å². The summed E-state index contributed by atoms with van der Waals surface area (Å²) in [6, 6.07) is 0. The van der Waals surface area contributed by atoms with E-state index in [9.17, 15) is 9.18 Å². The van der Waals surface area contributed by atoms with Crippen molar-refractivity contribution in [2.75, 3.05) is 6.54 Å². The summed E-state index contributed by atoms with van der Waals surface area (Å²) < 4.78 is 19.1. The van der Waals surface area contributed by atoms with E-state index in [1.807, 2.05) is 0 Å². The normalized spacial score (nSPS) is 21.0. The number of halogens is 1. The van der Waals surface area contributed by atoms with E-state index in [0.29, 0.717) is 12.8 Å². The molecule has 0 aromatic heterocycles. The molecule has 1 unspecified atom stereocenters. The van der Waals surface area contributed by atoms with Crippen LogP contribution in [0.2, 0.25) is 0 Å². The van der Waals surface area contributed by atoms with E-state index >= 15 is 0 Å². The van der Waals surface area contributed by atoms with Crippen molar-refractivity contribution in [3.8, 4) is 0 Å². The van der Waals surface area contributed by atoms with Crippen LogP contribution in [0.25, 0.3) is 0 Å². The first-order valence-electron chi connectivity index (χ1n) is 6.14. The van der Waals surface area contributed by atoms with Gasteiger partial charge in [0.2, 0.25) is 0 Å². The molecule has 0 aromatic rings. The second-order valence-corrected chi connectivity index (χ2v) is 5.69. The Morgan fingerprint density at radius 3 is 2.41 bits per heavy atom. The largest absolute Gasteiger partial charge is 0.444 e. The predicted octanol–water partition coefficient (Wildman–Crippen LogP) is 2.12. The molecule has 1 amide bonds. The van der Waals surface area contributed by atoms with Crippen molar-refractivity contribution in [2.45, 2.75) is 63.8 Å². The molecule has 1 rings (SSSR count). The molecule has 0 spiro atoms. The van der Waals surface area contributed by atoms with Crippen LogP contribution >= 0.6 is 0 Å². The van der Waals surface area contributed by atoms with Crippen molar-refractivity contribution in [3.05, 3.63) is 0 Å². The third kappa shape index (κ3) is 3.84. The second-order valence-electron chi connectivity index (χ2n) is 5.69. The van der Waals surface area contributed by atoms with Crippen LogP contribution in [0.4, 0.5) is 9.18 Å². The Bertz CT molecular complexity index is 270. The van der Waals surface area contributed by atoms with Crippen LogP contribution in [0.1, 0.15) is 46.5 Å². The zero-order valence-corrected chi connectivity index (χ0v) is 10.9. The average molecular weight is 246 g/mol. The van der Waals surface area contributed by atoms with Gasteiger partial charge in [0.15, 0.2) is 0 Å². The quantitative estimate of drug-likeness (QED) is 0.801. The molecule has 1 atom stereocenters. The summed E-state index contributed by atoms with van der Waals surface area (Å²) in [6.45, 7) is 5.27. The minimum absolute atomic E-state index is 0.0736. The molecule has 0 saturated heterocycles. The Morgan fingerprint density at radius 1 is 1.47 bits per heavy atom. The molecule has 5 heteroatoms. The lowest BCUT2D eigenvalue weighted by Crippen LogP contribution is -2.56.